The molecule has 0 aromatic carbocycles. The van der Waals surface area contributed by atoms with Gasteiger partial charge in [-0.3, -0.25) is 4.79 Å². The number of allylic oxidation sites excluding steroid dienone is 1. The third-order valence-corrected chi connectivity index (χ3v) is 3.61. The Morgan fingerprint density at radius 3 is 2.74 bits per heavy atom. The van der Waals surface area contributed by atoms with Gasteiger partial charge in [0.15, 0.2) is 5.78 Å². The van der Waals surface area contributed by atoms with Crippen molar-refractivity contribution in [2.45, 2.75) is 39.2 Å². The summed E-state index contributed by atoms with van der Waals surface area (Å²) in [5, 5.41) is 9.01. The van der Waals surface area contributed by atoms with E-state index in [1.165, 1.54) is 0 Å². The van der Waals surface area contributed by atoms with Crippen LogP contribution in [0.5, 0.6) is 0 Å². The lowest BCUT2D eigenvalue weighted by Gasteiger charge is -2.19. The molecule has 0 fully saturated rings. The van der Waals surface area contributed by atoms with Crippen LogP contribution in [0.4, 0.5) is 0 Å². The van der Waals surface area contributed by atoms with Crippen molar-refractivity contribution in [3.8, 4) is 0 Å². The molecule has 0 saturated carbocycles. The van der Waals surface area contributed by atoms with Crippen LogP contribution < -0.4 is 0 Å². The molecule has 1 aliphatic carbocycles. The lowest BCUT2D eigenvalue weighted by molar-refractivity contribution is -0.140. The fourth-order valence-electron chi connectivity index (χ4n) is 2.62. The summed E-state index contributed by atoms with van der Waals surface area (Å²) in [7, 11) is 0. The molecule has 4 heteroatoms. The maximum absolute atomic E-state index is 11.9. The molecule has 2 aliphatic rings. The van der Waals surface area contributed by atoms with Crippen molar-refractivity contribution in [1.82, 2.24) is 0 Å². The maximum atomic E-state index is 11.9. The Bertz CT molecular complexity index is 445. The van der Waals surface area contributed by atoms with E-state index < -0.39 is 0 Å². The van der Waals surface area contributed by atoms with Gasteiger partial charge >= 0.3 is 5.97 Å². The van der Waals surface area contributed by atoms with Crippen molar-refractivity contribution < 1.29 is 19.4 Å². The zero-order valence-corrected chi connectivity index (χ0v) is 11.4. The van der Waals surface area contributed by atoms with E-state index in [1.54, 1.807) is 6.08 Å². The van der Waals surface area contributed by atoms with E-state index in [0.29, 0.717) is 29.9 Å². The Kier molecular flexibility index (Phi) is 4.20. The molecule has 1 heterocycles. The molecule has 0 spiro atoms. The highest BCUT2D eigenvalue weighted by Crippen LogP contribution is 2.32. The number of hydrogen-bond donors (Lipinski definition) is 1. The number of ether oxygens (including phenoxy) is 1. The van der Waals surface area contributed by atoms with Gasteiger partial charge in [-0.05, 0) is 24.8 Å². The molecule has 0 aromatic heterocycles. The first-order valence-electron chi connectivity index (χ1n) is 6.77. The molecule has 19 heavy (non-hydrogen) atoms. The number of aliphatic hydroxyl groups is 1. The van der Waals surface area contributed by atoms with Crippen molar-refractivity contribution in [3.63, 3.8) is 0 Å². The Labute approximate surface area is 113 Å². The van der Waals surface area contributed by atoms with Crippen LogP contribution in [0.1, 0.15) is 33.1 Å². The molecular weight excluding hydrogens is 244 g/mol. The Morgan fingerprint density at radius 1 is 1.42 bits per heavy atom. The molecule has 1 aliphatic heterocycles. The number of aliphatic hydroxyl groups excluding tert-OH is 1. The van der Waals surface area contributed by atoms with Crippen LogP contribution in [-0.4, -0.2) is 29.6 Å². The van der Waals surface area contributed by atoms with Gasteiger partial charge in [0.25, 0.3) is 0 Å². The van der Waals surface area contributed by atoms with Crippen LogP contribution in [0, 0.1) is 11.8 Å². The van der Waals surface area contributed by atoms with E-state index >= 15 is 0 Å². The smallest absolute Gasteiger partial charge is 0.334 e. The van der Waals surface area contributed by atoms with E-state index in [2.05, 4.69) is 13.8 Å². The minimum absolute atomic E-state index is 0.0697. The van der Waals surface area contributed by atoms with E-state index in [1.807, 2.05) is 6.08 Å². The van der Waals surface area contributed by atoms with Gasteiger partial charge in [-0.15, -0.1) is 0 Å². The minimum Gasteiger partial charge on any atom is -0.455 e. The van der Waals surface area contributed by atoms with Crippen molar-refractivity contribution in [2.24, 2.45) is 11.8 Å². The van der Waals surface area contributed by atoms with Crippen LogP contribution in [0.25, 0.3) is 0 Å². The maximum Gasteiger partial charge on any atom is 0.334 e. The molecule has 104 valence electrons. The first-order valence-corrected chi connectivity index (χ1v) is 6.77. The molecule has 0 radical (unpaired) electrons. The highest BCUT2D eigenvalue weighted by molar-refractivity contribution is 5.99. The summed E-state index contributed by atoms with van der Waals surface area (Å²) in [4.78, 5) is 23.6. The second kappa shape index (κ2) is 5.70. The summed E-state index contributed by atoms with van der Waals surface area (Å²) in [6.07, 6.45) is 5.19. The number of carbonyl (C=O) groups excluding carboxylic acids is 2. The molecule has 4 nitrogen and oxygen atoms in total. The van der Waals surface area contributed by atoms with E-state index in [0.717, 1.165) is 6.42 Å². The number of esters is 1. The number of ketones is 1. The predicted octanol–water partition coefficient (Wildman–Crippen LogP) is 1.78. The molecular formula is C15H20O4. The average molecular weight is 264 g/mol. The number of Topliss-reactive ketones (excluding diaryl/α,β-unsaturated/α-hetero) is 1. The monoisotopic (exact) mass is 264 g/mol. The van der Waals surface area contributed by atoms with Gasteiger partial charge in [0.1, 0.15) is 6.10 Å². The molecule has 0 aromatic rings. The topological polar surface area (TPSA) is 63.6 Å². The fourth-order valence-corrected chi connectivity index (χ4v) is 2.62. The molecule has 2 unspecified atom stereocenters. The average Bonchev–Trinajstić information content (AvgIpc) is 2.69. The second-order valence-corrected chi connectivity index (χ2v) is 5.64. The van der Waals surface area contributed by atoms with Gasteiger partial charge in [0.2, 0.25) is 0 Å². The Hall–Kier alpha value is -1.42. The SMILES string of the molecule is CC(C)CC1C=C(C2CC=C(CO)C(=O)C2)C(=O)O1. The third kappa shape index (κ3) is 3.13. The van der Waals surface area contributed by atoms with Crippen LogP contribution in [-0.2, 0) is 14.3 Å². The number of hydrogen-bond acceptors (Lipinski definition) is 4. The third-order valence-electron chi connectivity index (χ3n) is 3.61. The van der Waals surface area contributed by atoms with Gasteiger partial charge in [-0.1, -0.05) is 19.9 Å². The van der Waals surface area contributed by atoms with Gasteiger partial charge in [-0.25, -0.2) is 4.79 Å². The van der Waals surface area contributed by atoms with Gasteiger partial charge in [-0.2, -0.15) is 0 Å². The second-order valence-electron chi connectivity index (χ2n) is 5.64. The molecule has 2 atom stereocenters. The van der Waals surface area contributed by atoms with Crippen molar-refractivity contribution in [3.05, 3.63) is 23.3 Å². The summed E-state index contributed by atoms with van der Waals surface area (Å²) in [6, 6.07) is 0. The molecule has 2 rings (SSSR count). The largest absolute Gasteiger partial charge is 0.455 e. The number of rotatable bonds is 4. The zero-order chi connectivity index (χ0) is 14.0. The van der Waals surface area contributed by atoms with E-state index in [-0.39, 0.29) is 30.4 Å². The lowest BCUT2D eigenvalue weighted by atomic mass is 9.83. The molecule has 1 N–H and O–H groups in total. The first kappa shape index (κ1) is 14.0. The normalized spacial score (nSPS) is 27.4. The molecule has 0 bridgehead atoms. The number of carbonyl (C=O) groups is 2. The lowest BCUT2D eigenvalue weighted by Crippen LogP contribution is -2.21. The van der Waals surface area contributed by atoms with Gasteiger partial charge in [0.05, 0.1) is 6.61 Å². The van der Waals surface area contributed by atoms with Crippen molar-refractivity contribution in [1.29, 1.82) is 0 Å². The van der Waals surface area contributed by atoms with Gasteiger partial charge < -0.3 is 9.84 Å². The quantitative estimate of drug-likeness (QED) is 0.786. The summed E-state index contributed by atoms with van der Waals surface area (Å²) < 4.78 is 5.31. The standard InChI is InChI=1S/C15H20O4/c1-9(2)5-12-7-13(15(18)19-12)10-3-4-11(8-16)14(17)6-10/h4,7,9-10,12,16H,3,5-6,8H2,1-2H3. The fraction of sp³-hybridized carbons (Fsp3) is 0.600. The van der Waals surface area contributed by atoms with E-state index in [9.17, 15) is 9.59 Å². The predicted molar refractivity (Wildman–Crippen MR) is 70.3 cm³/mol. The summed E-state index contributed by atoms with van der Waals surface area (Å²) in [5.74, 6) is 0.0128. The Morgan fingerprint density at radius 2 is 2.16 bits per heavy atom. The zero-order valence-electron chi connectivity index (χ0n) is 11.4. The number of cyclic esters (lactones) is 1. The molecule has 0 saturated heterocycles. The minimum atomic E-state index is -0.288. The summed E-state index contributed by atoms with van der Waals surface area (Å²) in [6.45, 7) is 3.95. The van der Waals surface area contributed by atoms with Crippen LogP contribution >= 0.6 is 0 Å². The van der Waals surface area contributed by atoms with E-state index in [4.69, 9.17) is 9.84 Å². The summed E-state index contributed by atoms with van der Waals surface area (Å²) >= 11 is 0. The first-order chi connectivity index (χ1) is 9.01. The highest BCUT2D eigenvalue weighted by Gasteiger charge is 2.34. The van der Waals surface area contributed by atoms with Crippen molar-refractivity contribution >= 4 is 11.8 Å². The van der Waals surface area contributed by atoms with Crippen LogP contribution in [0.3, 0.4) is 0 Å². The molecule has 0 amide bonds. The van der Waals surface area contributed by atoms with Crippen molar-refractivity contribution in [2.75, 3.05) is 6.61 Å². The highest BCUT2D eigenvalue weighted by atomic mass is 16.5. The Balaban J connectivity index is 2.08. The van der Waals surface area contributed by atoms with Gasteiger partial charge in [0, 0.05) is 23.5 Å². The van der Waals surface area contributed by atoms with Crippen LogP contribution in [0.2, 0.25) is 0 Å². The summed E-state index contributed by atoms with van der Waals surface area (Å²) in [5.41, 5.74) is 1.09. The van der Waals surface area contributed by atoms with Crippen LogP contribution in [0.15, 0.2) is 23.3 Å².